The number of nitrogen functional groups attached to an aromatic ring is 1. The van der Waals surface area contributed by atoms with Crippen molar-refractivity contribution in [2.24, 2.45) is 0 Å². The average Bonchev–Trinajstić information content (AvgIpc) is 2.28. The fourth-order valence-corrected chi connectivity index (χ4v) is 0.787. The van der Waals surface area contributed by atoms with E-state index in [0.717, 1.165) is 5.56 Å². The van der Waals surface area contributed by atoms with E-state index in [0.29, 0.717) is 19.2 Å². The number of nitrogens with two attached hydrogens (primary N) is 1. The van der Waals surface area contributed by atoms with Crippen LogP contribution in [0.3, 0.4) is 0 Å². The van der Waals surface area contributed by atoms with E-state index in [1.54, 1.807) is 4.68 Å². The maximum Gasteiger partial charge on any atom is 0.148 e. The molecule has 1 aromatic rings. The Morgan fingerprint density at radius 1 is 1.73 bits per heavy atom. The number of aryl methyl sites for hydroxylation is 1. The normalized spacial score (nSPS) is 10.4. The number of nitrogens with zero attached hydrogens (tertiary/aromatic N) is 2. The van der Waals surface area contributed by atoms with Gasteiger partial charge in [-0.1, -0.05) is 0 Å². The third-order valence-electron chi connectivity index (χ3n) is 1.41. The van der Waals surface area contributed by atoms with Crippen molar-refractivity contribution >= 4 is 5.82 Å². The zero-order valence-corrected chi connectivity index (χ0v) is 6.87. The summed E-state index contributed by atoms with van der Waals surface area (Å²) in [4.78, 5) is 0. The first-order valence-corrected chi connectivity index (χ1v) is 3.61. The summed E-state index contributed by atoms with van der Waals surface area (Å²) in [6.07, 6.45) is 1.87. The highest BCUT2D eigenvalue weighted by molar-refractivity contribution is 5.35. The predicted molar refractivity (Wildman–Crippen MR) is 43.0 cm³/mol. The summed E-state index contributed by atoms with van der Waals surface area (Å²) >= 11 is 0. The second kappa shape index (κ2) is 3.39. The average molecular weight is 155 g/mol. The van der Waals surface area contributed by atoms with Crippen LogP contribution in [0.5, 0.6) is 0 Å². The molecule has 0 fully saturated rings. The van der Waals surface area contributed by atoms with Crippen LogP contribution in [-0.2, 0) is 11.5 Å². The molecule has 0 aliphatic rings. The van der Waals surface area contributed by atoms with E-state index in [1.807, 2.05) is 20.0 Å². The van der Waals surface area contributed by atoms with Gasteiger partial charge in [-0.25, -0.2) is 4.68 Å². The molecule has 0 aromatic carbocycles. The summed E-state index contributed by atoms with van der Waals surface area (Å²) in [5.74, 6) is 0.574. The number of aromatic nitrogens is 2. The molecular formula is C7H13N3O. The Hall–Kier alpha value is -1.03. The number of hydrogen-bond donors (Lipinski definition) is 1. The van der Waals surface area contributed by atoms with Crippen LogP contribution in [-0.4, -0.2) is 16.4 Å². The molecule has 0 bridgehead atoms. The Kier molecular flexibility index (Phi) is 2.48. The van der Waals surface area contributed by atoms with E-state index in [4.69, 9.17) is 10.5 Å². The van der Waals surface area contributed by atoms with E-state index < -0.39 is 0 Å². The highest BCUT2D eigenvalue weighted by atomic mass is 16.5. The number of ether oxygens (including phenoxy) is 1. The molecular weight excluding hydrogens is 142 g/mol. The number of hydrogen-bond acceptors (Lipinski definition) is 3. The van der Waals surface area contributed by atoms with Crippen molar-refractivity contribution in [3.8, 4) is 0 Å². The molecule has 0 amide bonds. The summed E-state index contributed by atoms with van der Waals surface area (Å²) in [6, 6.07) is 0. The second-order valence-corrected chi connectivity index (χ2v) is 2.36. The minimum atomic E-state index is 0.481. The maximum absolute atomic E-state index is 5.52. The number of rotatable bonds is 3. The standard InChI is InChI=1S/C7H13N3O/c1-3-11-5-10-4-6(2)7(8)9-10/h4H,3,5H2,1-2H3,(H2,8,9). The molecule has 0 saturated carbocycles. The first-order chi connectivity index (χ1) is 5.24. The first kappa shape index (κ1) is 8.07. The van der Waals surface area contributed by atoms with Gasteiger partial charge >= 0.3 is 0 Å². The molecule has 0 aliphatic heterocycles. The Balaban J connectivity index is 2.58. The molecule has 4 nitrogen and oxygen atoms in total. The molecule has 0 radical (unpaired) electrons. The van der Waals surface area contributed by atoms with Crippen molar-refractivity contribution in [1.82, 2.24) is 9.78 Å². The molecule has 11 heavy (non-hydrogen) atoms. The topological polar surface area (TPSA) is 53.1 Å². The van der Waals surface area contributed by atoms with Crippen molar-refractivity contribution in [3.05, 3.63) is 11.8 Å². The smallest absolute Gasteiger partial charge is 0.148 e. The van der Waals surface area contributed by atoms with Crippen LogP contribution in [0.25, 0.3) is 0 Å². The van der Waals surface area contributed by atoms with Gasteiger partial charge in [0.1, 0.15) is 12.5 Å². The zero-order valence-electron chi connectivity index (χ0n) is 6.87. The van der Waals surface area contributed by atoms with Crippen molar-refractivity contribution in [3.63, 3.8) is 0 Å². The van der Waals surface area contributed by atoms with E-state index in [2.05, 4.69) is 5.10 Å². The molecule has 1 aromatic heterocycles. The van der Waals surface area contributed by atoms with Crippen LogP contribution >= 0.6 is 0 Å². The minimum Gasteiger partial charge on any atom is -0.382 e. The second-order valence-electron chi connectivity index (χ2n) is 2.36. The predicted octanol–water partition coefficient (Wildman–Crippen LogP) is 0.768. The fourth-order valence-electron chi connectivity index (χ4n) is 0.787. The van der Waals surface area contributed by atoms with Gasteiger partial charge in [0.15, 0.2) is 0 Å². The van der Waals surface area contributed by atoms with Gasteiger partial charge in [-0.3, -0.25) is 0 Å². The van der Waals surface area contributed by atoms with Crippen LogP contribution in [0.1, 0.15) is 12.5 Å². The number of anilines is 1. The fraction of sp³-hybridized carbons (Fsp3) is 0.571. The molecule has 0 saturated heterocycles. The Bertz CT molecular complexity index is 212. The molecule has 62 valence electrons. The first-order valence-electron chi connectivity index (χ1n) is 3.61. The molecule has 1 heterocycles. The molecule has 0 atom stereocenters. The zero-order chi connectivity index (χ0) is 8.27. The van der Waals surface area contributed by atoms with Crippen molar-refractivity contribution < 1.29 is 4.74 Å². The van der Waals surface area contributed by atoms with E-state index in [9.17, 15) is 0 Å². The van der Waals surface area contributed by atoms with Gasteiger partial charge in [0, 0.05) is 18.4 Å². The molecule has 4 heteroatoms. The van der Waals surface area contributed by atoms with Crippen molar-refractivity contribution in [2.75, 3.05) is 12.3 Å². The Labute approximate surface area is 66.0 Å². The molecule has 0 aliphatic carbocycles. The lowest BCUT2D eigenvalue weighted by Crippen LogP contribution is -2.02. The lowest BCUT2D eigenvalue weighted by molar-refractivity contribution is 0.0793. The van der Waals surface area contributed by atoms with Crippen LogP contribution in [0.4, 0.5) is 5.82 Å². The van der Waals surface area contributed by atoms with E-state index in [1.165, 1.54) is 0 Å². The van der Waals surface area contributed by atoms with Crippen LogP contribution < -0.4 is 5.73 Å². The van der Waals surface area contributed by atoms with Gasteiger partial charge < -0.3 is 10.5 Å². The quantitative estimate of drug-likeness (QED) is 0.701. The third-order valence-corrected chi connectivity index (χ3v) is 1.41. The summed E-state index contributed by atoms with van der Waals surface area (Å²) in [5.41, 5.74) is 6.52. The van der Waals surface area contributed by atoms with E-state index >= 15 is 0 Å². The highest BCUT2D eigenvalue weighted by Gasteiger charge is 1.98. The Morgan fingerprint density at radius 2 is 2.45 bits per heavy atom. The molecule has 2 N–H and O–H groups in total. The van der Waals surface area contributed by atoms with Gasteiger partial charge in [-0.05, 0) is 13.8 Å². The van der Waals surface area contributed by atoms with Gasteiger partial charge in [-0.15, -0.1) is 0 Å². The van der Waals surface area contributed by atoms with Crippen molar-refractivity contribution in [2.45, 2.75) is 20.6 Å². The molecule has 0 unspecified atom stereocenters. The van der Waals surface area contributed by atoms with Gasteiger partial charge in [-0.2, -0.15) is 5.10 Å². The van der Waals surface area contributed by atoms with Crippen molar-refractivity contribution in [1.29, 1.82) is 0 Å². The molecule has 1 rings (SSSR count). The lowest BCUT2D eigenvalue weighted by atomic mass is 10.4. The molecule has 0 spiro atoms. The summed E-state index contributed by atoms with van der Waals surface area (Å²) in [5, 5.41) is 4.02. The van der Waals surface area contributed by atoms with Gasteiger partial charge in [0.25, 0.3) is 0 Å². The van der Waals surface area contributed by atoms with Crippen LogP contribution in [0, 0.1) is 6.92 Å². The van der Waals surface area contributed by atoms with E-state index in [-0.39, 0.29) is 0 Å². The summed E-state index contributed by atoms with van der Waals surface area (Å²) in [6.45, 7) is 5.04. The lowest BCUT2D eigenvalue weighted by Gasteiger charge is -1.98. The highest BCUT2D eigenvalue weighted by Crippen LogP contribution is 2.05. The third kappa shape index (κ3) is 1.94. The summed E-state index contributed by atoms with van der Waals surface area (Å²) in [7, 11) is 0. The van der Waals surface area contributed by atoms with Gasteiger partial charge in [0.2, 0.25) is 0 Å². The van der Waals surface area contributed by atoms with Gasteiger partial charge in [0.05, 0.1) is 0 Å². The van der Waals surface area contributed by atoms with Crippen LogP contribution in [0.15, 0.2) is 6.20 Å². The Morgan fingerprint density at radius 3 is 2.91 bits per heavy atom. The van der Waals surface area contributed by atoms with Crippen LogP contribution in [0.2, 0.25) is 0 Å². The summed E-state index contributed by atoms with van der Waals surface area (Å²) < 4.78 is 6.82. The monoisotopic (exact) mass is 155 g/mol. The minimum absolute atomic E-state index is 0.481. The SMILES string of the molecule is CCOCn1cc(C)c(N)n1. The maximum atomic E-state index is 5.52. The largest absolute Gasteiger partial charge is 0.382 e.